The molecule has 0 unspecified atom stereocenters. The first-order valence-electron chi connectivity index (χ1n) is 5.51. The lowest BCUT2D eigenvalue weighted by Crippen LogP contribution is -1.97. The van der Waals surface area contributed by atoms with Crippen molar-refractivity contribution >= 4 is 5.69 Å². The van der Waals surface area contributed by atoms with Gasteiger partial charge < -0.3 is 4.74 Å². The van der Waals surface area contributed by atoms with Crippen LogP contribution in [0.2, 0.25) is 0 Å². The van der Waals surface area contributed by atoms with E-state index in [4.69, 9.17) is 10.00 Å². The molecule has 2 rings (SSSR count). The predicted octanol–water partition coefficient (Wildman–Crippen LogP) is 3.10. The minimum absolute atomic E-state index is 0.00764. The van der Waals surface area contributed by atoms with E-state index >= 15 is 0 Å². The van der Waals surface area contributed by atoms with Gasteiger partial charge in [0.1, 0.15) is 28.9 Å². The first-order chi connectivity index (χ1) is 9.52. The fourth-order valence-corrected chi connectivity index (χ4v) is 1.59. The van der Waals surface area contributed by atoms with Crippen LogP contribution in [0.3, 0.4) is 0 Å². The fraction of sp³-hybridized carbons (Fsp3) is 0.0769. The van der Waals surface area contributed by atoms with Crippen molar-refractivity contribution in [2.24, 2.45) is 0 Å². The number of nitrogens with zero attached hydrogens (tertiary/aromatic N) is 3. The van der Waals surface area contributed by atoms with Crippen molar-refractivity contribution in [2.45, 2.75) is 6.92 Å². The second-order valence-electron chi connectivity index (χ2n) is 3.84. The minimum atomic E-state index is -0.705. The van der Waals surface area contributed by atoms with Gasteiger partial charge in [0.25, 0.3) is 5.69 Å². The highest BCUT2D eigenvalue weighted by molar-refractivity contribution is 5.46. The summed E-state index contributed by atoms with van der Waals surface area (Å²) in [6.07, 6.45) is 0. The molecule has 1 heterocycles. The molecule has 1 aromatic carbocycles. The Hall–Kier alpha value is -3.01. The fourth-order valence-electron chi connectivity index (χ4n) is 1.59. The number of nitro groups is 1. The molecule has 7 heteroatoms. The number of hydrogen-bond acceptors (Lipinski definition) is 5. The quantitative estimate of drug-likeness (QED) is 0.633. The molecule has 6 nitrogen and oxygen atoms in total. The monoisotopic (exact) mass is 273 g/mol. The van der Waals surface area contributed by atoms with Crippen molar-refractivity contribution in [3.05, 3.63) is 57.5 Å². The van der Waals surface area contributed by atoms with Crippen LogP contribution in [0, 0.1) is 34.2 Å². The van der Waals surface area contributed by atoms with E-state index in [9.17, 15) is 14.5 Å². The summed E-state index contributed by atoms with van der Waals surface area (Å²) < 4.78 is 18.7. The molecule has 0 saturated carbocycles. The van der Waals surface area contributed by atoms with Crippen molar-refractivity contribution < 1.29 is 14.1 Å². The Morgan fingerprint density at radius 3 is 2.75 bits per heavy atom. The Kier molecular flexibility index (Phi) is 3.57. The highest BCUT2D eigenvalue weighted by atomic mass is 19.1. The molecule has 0 saturated heterocycles. The van der Waals surface area contributed by atoms with Crippen molar-refractivity contribution in [1.82, 2.24) is 4.98 Å². The van der Waals surface area contributed by atoms with Crippen LogP contribution in [-0.2, 0) is 0 Å². The largest absolute Gasteiger partial charge is 0.438 e. The lowest BCUT2D eigenvalue weighted by atomic mass is 10.2. The van der Waals surface area contributed by atoms with Gasteiger partial charge in [0.15, 0.2) is 0 Å². The number of aryl methyl sites for hydroxylation is 1. The summed E-state index contributed by atoms with van der Waals surface area (Å²) in [5.74, 6) is -0.646. The van der Waals surface area contributed by atoms with Crippen LogP contribution in [0.15, 0.2) is 30.3 Å². The molecule has 0 aliphatic carbocycles. The molecule has 0 atom stereocenters. The lowest BCUT2D eigenvalue weighted by Gasteiger charge is -2.07. The molecule has 0 N–H and O–H groups in total. The zero-order valence-corrected chi connectivity index (χ0v) is 10.3. The third-order valence-electron chi connectivity index (χ3n) is 2.53. The van der Waals surface area contributed by atoms with E-state index < -0.39 is 10.7 Å². The summed E-state index contributed by atoms with van der Waals surface area (Å²) in [6.45, 7) is 1.46. The van der Waals surface area contributed by atoms with E-state index in [2.05, 4.69) is 4.98 Å². The van der Waals surface area contributed by atoms with Crippen molar-refractivity contribution in [1.29, 1.82) is 5.26 Å². The number of hydrogen-bond donors (Lipinski definition) is 0. The smallest absolute Gasteiger partial charge is 0.290 e. The van der Waals surface area contributed by atoms with Gasteiger partial charge in [-0.05, 0) is 19.1 Å². The molecule has 20 heavy (non-hydrogen) atoms. The molecule has 0 spiro atoms. The van der Waals surface area contributed by atoms with Crippen LogP contribution in [0.1, 0.15) is 11.3 Å². The molecule has 0 amide bonds. The van der Waals surface area contributed by atoms with Crippen molar-refractivity contribution in [3.8, 4) is 17.7 Å². The predicted molar refractivity (Wildman–Crippen MR) is 66.8 cm³/mol. The van der Waals surface area contributed by atoms with E-state index in [1.807, 2.05) is 0 Å². The van der Waals surface area contributed by atoms with Crippen molar-refractivity contribution in [3.63, 3.8) is 0 Å². The summed E-state index contributed by atoms with van der Waals surface area (Å²) in [4.78, 5) is 14.0. The van der Waals surface area contributed by atoms with Gasteiger partial charge in [-0.2, -0.15) is 5.26 Å². The van der Waals surface area contributed by atoms with Crippen LogP contribution >= 0.6 is 0 Å². The first kappa shape index (κ1) is 13.4. The van der Waals surface area contributed by atoms with Crippen LogP contribution < -0.4 is 4.74 Å². The molecule has 1 aromatic heterocycles. The topological polar surface area (TPSA) is 89.0 Å². The van der Waals surface area contributed by atoms with Crippen LogP contribution in [0.4, 0.5) is 10.1 Å². The third-order valence-corrected chi connectivity index (χ3v) is 2.53. The van der Waals surface area contributed by atoms with Gasteiger partial charge in [0, 0.05) is 12.1 Å². The maximum absolute atomic E-state index is 13.4. The molecule has 0 fully saturated rings. The number of benzene rings is 1. The highest BCUT2D eigenvalue weighted by Gasteiger charge is 2.14. The highest BCUT2D eigenvalue weighted by Crippen LogP contribution is 2.27. The molecular formula is C13H8FN3O3. The summed E-state index contributed by atoms with van der Waals surface area (Å²) in [5.41, 5.74) is -0.218. The molecule has 2 aromatic rings. The maximum atomic E-state index is 13.4. The summed E-state index contributed by atoms with van der Waals surface area (Å²) >= 11 is 0. The van der Waals surface area contributed by atoms with E-state index in [1.54, 1.807) is 6.07 Å². The summed E-state index contributed by atoms with van der Waals surface area (Å²) in [5, 5.41) is 19.5. The summed E-state index contributed by atoms with van der Waals surface area (Å²) in [6, 6.07) is 8.17. The van der Waals surface area contributed by atoms with Crippen LogP contribution in [-0.4, -0.2) is 9.91 Å². The molecule has 100 valence electrons. The average molecular weight is 273 g/mol. The van der Waals surface area contributed by atoms with Gasteiger partial charge in [-0.15, -0.1) is 0 Å². The number of aromatic nitrogens is 1. The molecule has 0 aliphatic heterocycles. The lowest BCUT2D eigenvalue weighted by molar-refractivity contribution is -0.385. The van der Waals surface area contributed by atoms with Crippen LogP contribution in [0.5, 0.6) is 11.6 Å². The Balaban J connectivity index is 2.37. The normalized spacial score (nSPS) is 9.85. The van der Waals surface area contributed by atoms with Gasteiger partial charge in [-0.1, -0.05) is 6.07 Å². The van der Waals surface area contributed by atoms with Gasteiger partial charge in [-0.3, -0.25) is 10.1 Å². The molecular weight excluding hydrogens is 265 g/mol. The zero-order chi connectivity index (χ0) is 14.7. The van der Waals surface area contributed by atoms with Crippen LogP contribution in [0.25, 0.3) is 0 Å². The molecule has 0 bridgehead atoms. The van der Waals surface area contributed by atoms with E-state index in [-0.39, 0.29) is 28.6 Å². The third kappa shape index (κ3) is 2.54. The number of ether oxygens (including phenoxy) is 1. The van der Waals surface area contributed by atoms with Gasteiger partial charge in [0.2, 0.25) is 5.88 Å². The molecule has 0 aliphatic rings. The molecule has 0 radical (unpaired) electrons. The SMILES string of the molecule is Cc1nc(Oc2cccc(F)c2C#N)ccc1[N+](=O)[O-]. The van der Waals surface area contributed by atoms with Gasteiger partial charge >= 0.3 is 0 Å². The summed E-state index contributed by atoms with van der Waals surface area (Å²) in [7, 11) is 0. The Labute approximate surface area is 113 Å². The number of nitriles is 1. The number of halogens is 1. The Bertz CT molecular complexity index is 725. The first-order valence-corrected chi connectivity index (χ1v) is 5.51. The Morgan fingerprint density at radius 1 is 1.40 bits per heavy atom. The average Bonchev–Trinajstić information content (AvgIpc) is 2.38. The van der Waals surface area contributed by atoms with E-state index in [1.165, 1.54) is 31.2 Å². The zero-order valence-electron chi connectivity index (χ0n) is 10.3. The van der Waals surface area contributed by atoms with Gasteiger partial charge in [0.05, 0.1) is 4.92 Å². The standard InChI is InChI=1S/C13H8FN3O3/c1-8-11(17(18)19)5-6-13(16-8)20-12-4-2-3-10(14)9(12)7-15/h2-6H,1H3. The maximum Gasteiger partial charge on any atom is 0.290 e. The van der Waals surface area contributed by atoms with E-state index in [0.29, 0.717) is 0 Å². The van der Waals surface area contributed by atoms with Gasteiger partial charge in [-0.25, -0.2) is 9.37 Å². The Morgan fingerprint density at radius 2 is 2.15 bits per heavy atom. The second-order valence-corrected chi connectivity index (χ2v) is 3.84. The van der Waals surface area contributed by atoms with E-state index in [0.717, 1.165) is 6.07 Å². The second kappa shape index (κ2) is 5.32. The minimum Gasteiger partial charge on any atom is -0.438 e. The number of pyridine rings is 1. The number of rotatable bonds is 3. The van der Waals surface area contributed by atoms with Crippen molar-refractivity contribution in [2.75, 3.05) is 0 Å².